The Bertz CT molecular complexity index is 1150. The third kappa shape index (κ3) is 4.17. The number of aryl methyl sites for hydroxylation is 3. The number of ether oxygens (including phenoxy) is 1. The van der Waals surface area contributed by atoms with Crippen LogP contribution in [-0.2, 0) is 9.53 Å². The van der Waals surface area contributed by atoms with Crippen LogP contribution < -0.4 is 10.9 Å². The molecular weight excluding hydrogens is 418 g/mol. The number of thiophene rings is 1. The van der Waals surface area contributed by atoms with Crippen LogP contribution in [0.2, 0.25) is 0 Å². The number of fused-ring (bicyclic) bond motifs is 1. The van der Waals surface area contributed by atoms with Crippen molar-refractivity contribution >= 4 is 39.2 Å². The third-order valence-electron chi connectivity index (χ3n) is 5.41. The molecule has 1 aromatic carbocycles. The van der Waals surface area contributed by atoms with E-state index in [1.807, 2.05) is 45.0 Å². The van der Waals surface area contributed by atoms with Crippen LogP contribution in [0.5, 0.6) is 0 Å². The van der Waals surface area contributed by atoms with Crippen molar-refractivity contribution in [2.45, 2.75) is 44.9 Å². The Morgan fingerprint density at radius 2 is 2.13 bits per heavy atom. The van der Waals surface area contributed by atoms with Crippen LogP contribution >= 0.6 is 23.1 Å². The molecule has 158 valence electrons. The molecule has 0 bridgehead atoms. The molecule has 8 heteroatoms. The maximum Gasteiger partial charge on any atom is 0.267 e. The van der Waals surface area contributed by atoms with E-state index in [9.17, 15) is 9.59 Å². The largest absolute Gasteiger partial charge is 0.376 e. The first-order chi connectivity index (χ1) is 14.5. The van der Waals surface area contributed by atoms with Gasteiger partial charge in [0.1, 0.15) is 4.83 Å². The van der Waals surface area contributed by atoms with Gasteiger partial charge in [-0.05, 0) is 50.8 Å². The number of nitrogens with zero attached hydrogens (tertiary/aromatic N) is 2. The summed E-state index contributed by atoms with van der Waals surface area (Å²) in [7, 11) is 0. The molecule has 1 N–H and O–H groups in total. The molecule has 0 saturated carbocycles. The molecule has 0 radical (unpaired) electrons. The van der Waals surface area contributed by atoms with Gasteiger partial charge in [0, 0.05) is 18.0 Å². The van der Waals surface area contributed by atoms with Gasteiger partial charge in [0.2, 0.25) is 5.91 Å². The fourth-order valence-electron chi connectivity index (χ4n) is 3.61. The first-order valence-electron chi connectivity index (χ1n) is 10.1. The molecule has 1 saturated heterocycles. The van der Waals surface area contributed by atoms with E-state index in [1.54, 1.807) is 4.57 Å². The predicted molar refractivity (Wildman–Crippen MR) is 122 cm³/mol. The summed E-state index contributed by atoms with van der Waals surface area (Å²) in [6.45, 7) is 7.23. The zero-order chi connectivity index (χ0) is 21.3. The maximum atomic E-state index is 13.5. The standard InChI is InChI=1S/C22H25N3O3S2/c1-13-7-4-5-9-17(13)25-21(27)19-14(2)15(3)30-20(19)24-22(25)29-12-18(26)23-11-16-8-6-10-28-16/h4-5,7,9,16H,6,8,10-12H2,1-3H3,(H,23,26). The smallest absolute Gasteiger partial charge is 0.267 e. The van der Waals surface area contributed by atoms with Gasteiger partial charge in [-0.1, -0.05) is 30.0 Å². The minimum atomic E-state index is -0.0848. The summed E-state index contributed by atoms with van der Waals surface area (Å²) >= 11 is 2.81. The molecule has 0 aliphatic carbocycles. The molecule has 1 aliphatic heterocycles. The van der Waals surface area contributed by atoms with Gasteiger partial charge in [-0.25, -0.2) is 4.98 Å². The van der Waals surface area contributed by atoms with Crippen LogP contribution in [0.25, 0.3) is 15.9 Å². The number of amides is 1. The number of benzene rings is 1. The highest BCUT2D eigenvalue weighted by molar-refractivity contribution is 7.99. The van der Waals surface area contributed by atoms with Gasteiger partial charge in [0.15, 0.2) is 5.16 Å². The van der Waals surface area contributed by atoms with Gasteiger partial charge in [-0.15, -0.1) is 11.3 Å². The van der Waals surface area contributed by atoms with Crippen molar-refractivity contribution in [1.82, 2.24) is 14.9 Å². The fourth-order valence-corrected chi connectivity index (χ4v) is 5.52. The number of nitrogens with one attached hydrogen (secondary N) is 1. The van der Waals surface area contributed by atoms with E-state index in [4.69, 9.17) is 9.72 Å². The van der Waals surface area contributed by atoms with E-state index in [1.165, 1.54) is 23.1 Å². The van der Waals surface area contributed by atoms with E-state index in [0.717, 1.165) is 46.0 Å². The van der Waals surface area contributed by atoms with Gasteiger partial charge >= 0.3 is 0 Å². The topological polar surface area (TPSA) is 73.2 Å². The number of thioether (sulfide) groups is 1. The molecule has 0 spiro atoms. The fraction of sp³-hybridized carbons (Fsp3) is 0.409. The summed E-state index contributed by atoms with van der Waals surface area (Å²) in [5, 5.41) is 4.13. The van der Waals surface area contributed by atoms with Gasteiger partial charge in [0.25, 0.3) is 5.56 Å². The Morgan fingerprint density at radius 3 is 2.87 bits per heavy atom. The lowest BCUT2D eigenvalue weighted by molar-refractivity contribution is -0.119. The van der Waals surface area contributed by atoms with E-state index >= 15 is 0 Å². The Morgan fingerprint density at radius 1 is 1.33 bits per heavy atom. The number of para-hydroxylation sites is 1. The summed E-state index contributed by atoms with van der Waals surface area (Å²) in [6, 6.07) is 7.75. The minimum absolute atomic E-state index is 0.0836. The lowest BCUT2D eigenvalue weighted by Crippen LogP contribution is -2.33. The van der Waals surface area contributed by atoms with Gasteiger partial charge in [-0.3, -0.25) is 14.2 Å². The Kier molecular flexibility index (Phi) is 6.26. The second-order valence-corrected chi connectivity index (χ2v) is 9.66. The highest BCUT2D eigenvalue weighted by Crippen LogP contribution is 2.30. The van der Waals surface area contributed by atoms with Crippen molar-refractivity contribution < 1.29 is 9.53 Å². The number of carbonyl (C=O) groups excluding carboxylic acids is 1. The summed E-state index contributed by atoms with van der Waals surface area (Å²) < 4.78 is 7.20. The lowest BCUT2D eigenvalue weighted by atomic mass is 10.2. The summed E-state index contributed by atoms with van der Waals surface area (Å²) in [4.78, 5) is 32.5. The molecule has 1 amide bonds. The second-order valence-electron chi connectivity index (χ2n) is 7.51. The van der Waals surface area contributed by atoms with Gasteiger partial charge in [0.05, 0.1) is 22.9 Å². The normalized spacial score (nSPS) is 16.3. The number of carbonyl (C=O) groups is 1. The highest BCUT2D eigenvalue weighted by Gasteiger charge is 2.20. The van der Waals surface area contributed by atoms with Crippen molar-refractivity contribution in [3.05, 3.63) is 50.6 Å². The molecule has 2 aromatic heterocycles. The van der Waals surface area contributed by atoms with E-state index in [0.29, 0.717) is 17.1 Å². The SMILES string of the molecule is Cc1ccccc1-n1c(SCC(=O)NCC2CCCO2)nc2sc(C)c(C)c2c1=O. The zero-order valence-electron chi connectivity index (χ0n) is 17.4. The molecule has 3 heterocycles. The molecule has 30 heavy (non-hydrogen) atoms. The van der Waals surface area contributed by atoms with Crippen molar-refractivity contribution in [3.63, 3.8) is 0 Å². The first-order valence-corrected chi connectivity index (χ1v) is 11.9. The summed E-state index contributed by atoms with van der Waals surface area (Å²) in [5.74, 6) is 0.111. The van der Waals surface area contributed by atoms with Crippen LogP contribution in [0.15, 0.2) is 34.2 Å². The second kappa shape index (κ2) is 8.91. The third-order valence-corrected chi connectivity index (χ3v) is 7.45. The lowest BCUT2D eigenvalue weighted by Gasteiger charge is -2.15. The molecule has 1 aliphatic rings. The van der Waals surface area contributed by atoms with Gasteiger partial charge < -0.3 is 10.1 Å². The van der Waals surface area contributed by atoms with Crippen molar-refractivity contribution in [3.8, 4) is 5.69 Å². The van der Waals surface area contributed by atoms with Crippen LogP contribution in [0.1, 0.15) is 28.8 Å². The predicted octanol–water partition coefficient (Wildman–Crippen LogP) is 3.76. The number of hydrogen-bond donors (Lipinski definition) is 1. The minimum Gasteiger partial charge on any atom is -0.376 e. The summed E-state index contributed by atoms with van der Waals surface area (Å²) in [5.41, 5.74) is 2.66. The van der Waals surface area contributed by atoms with Crippen molar-refractivity contribution in [2.24, 2.45) is 0 Å². The van der Waals surface area contributed by atoms with E-state index in [2.05, 4.69) is 5.32 Å². The maximum absolute atomic E-state index is 13.5. The van der Waals surface area contributed by atoms with Crippen LogP contribution in [0.4, 0.5) is 0 Å². The molecular formula is C22H25N3O3S2. The Hall–Kier alpha value is -2.16. The highest BCUT2D eigenvalue weighted by atomic mass is 32.2. The molecule has 6 nitrogen and oxygen atoms in total. The number of hydrogen-bond acceptors (Lipinski definition) is 6. The van der Waals surface area contributed by atoms with Gasteiger partial charge in [-0.2, -0.15) is 0 Å². The van der Waals surface area contributed by atoms with E-state index in [-0.39, 0.29) is 23.3 Å². The molecule has 1 fully saturated rings. The van der Waals surface area contributed by atoms with Crippen LogP contribution in [-0.4, -0.2) is 40.5 Å². The first kappa shape index (κ1) is 21.1. The Balaban J connectivity index is 1.66. The number of rotatable bonds is 6. The molecule has 1 unspecified atom stereocenters. The average Bonchev–Trinajstić information content (AvgIpc) is 3.34. The number of aromatic nitrogens is 2. The van der Waals surface area contributed by atoms with Crippen molar-refractivity contribution in [1.29, 1.82) is 0 Å². The Labute approximate surface area is 183 Å². The monoisotopic (exact) mass is 443 g/mol. The van der Waals surface area contributed by atoms with E-state index < -0.39 is 0 Å². The van der Waals surface area contributed by atoms with Crippen LogP contribution in [0, 0.1) is 20.8 Å². The zero-order valence-corrected chi connectivity index (χ0v) is 19.0. The van der Waals surface area contributed by atoms with Crippen LogP contribution in [0.3, 0.4) is 0 Å². The molecule has 4 rings (SSSR count). The summed E-state index contributed by atoms with van der Waals surface area (Å²) in [6.07, 6.45) is 2.13. The van der Waals surface area contributed by atoms with Crippen molar-refractivity contribution in [2.75, 3.05) is 18.9 Å². The molecule has 3 aromatic rings. The molecule has 1 atom stereocenters. The quantitative estimate of drug-likeness (QED) is 0.464. The average molecular weight is 444 g/mol.